The highest BCUT2D eigenvalue weighted by molar-refractivity contribution is 5.73. The fraction of sp³-hybridized carbons (Fsp3) is 0.600. The van der Waals surface area contributed by atoms with Crippen LogP contribution in [0.5, 0.6) is 5.75 Å². The van der Waals surface area contributed by atoms with Crippen molar-refractivity contribution in [3.63, 3.8) is 0 Å². The molecule has 1 fully saturated rings. The van der Waals surface area contributed by atoms with Gasteiger partial charge in [-0.05, 0) is 132 Å². The Morgan fingerprint density at radius 2 is 1.52 bits per heavy atom. The SMILES string of the molecule is C=CC(C)(CCC=C(C)C)OC(C)=O.CC1=CC[C@@H]2C[C@H]1C2(C)C.CCCCCCCC(=O)Oc1cc(C)ccc1C(C)C.Cc1ccc(C(C)C)cc1. The minimum atomic E-state index is -0.530. The number of fused-ring (bicyclic) bond motifs is 1. The lowest BCUT2D eigenvalue weighted by molar-refractivity contribution is -0.151. The van der Waals surface area contributed by atoms with Crippen LogP contribution in [-0.4, -0.2) is 17.5 Å². The molecule has 5 rings (SSSR count). The van der Waals surface area contributed by atoms with E-state index in [0.29, 0.717) is 23.7 Å². The summed E-state index contributed by atoms with van der Waals surface area (Å²) in [6.07, 6.45) is 17.0. The summed E-state index contributed by atoms with van der Waals surface area (Å²) in [4.78, 5) is 22.7. The monoisotopic (exact) mass is 743 g/mol. The van der Waals surface area contributed by atoms with Crippen molar-refractivity contribution in [3.05, 3.63) is 101 Å². The van der Waals surface area contributed by atoms with Gasteiger partial charge in [-0.2, -0.15) is 0 Å². The Hall–Kier alpha value is -3.40. The van der Waals surface area contributed by atoms with E-state index >= 15 is 0 Å². The van der Waals surface area contributed by atoms with Crippen LogP contribution in [0.15, 0.2) is 78.4 Å². The highest BCUT2D eigenvalue weighted by Gasteiger charge is 2.49. The van der Waals surface area contributed by atoms with Crippen LogP contribution in [0.3, 0.4) is 0 Å². The summed E-state index contributed by atoms with van der Waals surface area (Å²) in [6, 6.07) is 14.8. The smallest absolute Gasteiger partial charge is 0.311 e. The number of esters is 2. The summed E-state index contributed by atoms with van der Waals surface area (Å²) < 4.78 is 10.7. The molecule has 54 heavy (non-hydrogen) atoms. The van der Waals surface area contributed by atoms with Gasteiger partial charge in [0.25, 0.3) is 0 Å². The normalized spacial score (nSPS) is 17.4. The molecule has 0 N–H and O–H groups in total. The molecular weight excluding hydrogens is 665 g/mol. The largest absolute Gasteiger partial charge is 0.455 e. The molecule has 2 bridgehead atoms. The number of ether oxygens (including phenoxy) is 2. The van der Waals surface area contributed by atoms with Crippen LogP contribution in [0.2, 0.25) is 0 Å². The number of hydrogen-bond donors (Lipinski definition) is 0. The Morgan fingerprint density at radius 3 is 1.98 bits per heavy atom. The summed E-state index contributed by atoms with van der Waals surface area (Å²) in [6.45, 7) is 33.2. The first-order valence-corrected chi connectivity index (χ1v) is 20.8. The van der Waals surface area contributed by atoms with Crippen molar-refractivity contribution in [2.45, 2.75) is 179 Å². The molecule has 0 amide bonds. The first-order chi connectivity index (χ1) is 25.3. The fourth-order valence-corrected chi connectivity index (χ4v) is 7.03. The van der Waals surface area contributed by atoms with Crippen LogP contribution >= 0.6 is 0 Å². The standard InChI is InChI=1S/C18H28O2.C12H20O2.C10H16.C10H14/c1-5-6-7-8-9-10-18(19)20-17-13-15(4)11-12-16(17)14(2)3;1-6-12(5,14-11(4)13)9-7-8-10(2)3;1-7-4-5-8-6-9(7)10(8,2)3;1-8(2)10-6-4-9(3)5-7-10/h11-14H,5-10H2,1-4H3;6,8H,1,7,9H2,2-5H3;4,8-9H,5-6H2,1-3H3;4-8H,1-3H3/t;;8-,9-;/m..1./s1. The molecule has 0 spiro atoms. The van der Waals surface area contributed by atoms with Gasteiger partial charge in [-0.3, -0.25) is 9.59 Å². The van der Waals surface area contributed by atoms with E-state index in [4.69, 9.17) is 9.47 Å². The van der Waals surface area contributed by atoms with Crippen molar-refractivity contribution in [3.8, 4) is 5.75 Å². The number of carbonyl (C=O) groups is 2. The van der Waals surface area contributed by atoms with E-state index in [0.717, 1.165) is 54.4 Å². The highest BCUT2D eigenvalue weighted by Crippen LogP contribution is 2.58. The zero-order valence-electron chi connectivity index (χ0n) is 37.0. The number of unbranched alkanes of at least 4 members (excludes halogenated alkanes) is 4. The molecule has 3 atom stereocenters. The number of rotatable bonds is 14. The molecule has 4 heteroatoms. The molecule has 4 nitrogen and oxygen atoms in total. The van der Waals surface area contributed by atoms with Crippen LogP contribution < -0.4 is 4.74 Å². The van der Waals surface area contributed by atoms with E-state index in [1.165, 1.54) is 55.7 Å². The van der Waals surface area contributed by atoms with Gasteiger partial charge in [0.05, 0.1) is 0 Å². The van der Waals surface area contributed by atoms with Gasteiger partial charge in [-0.15, -0.1) is 0 Å². The number of allylic oxidation sites excluding steroid dienone is 4. The Labute approximate surface area is 332 Å². The van der Waals surface area contributed by atoms with Gasteiger partial charge >= 0.3 is 11.9 Å². The molecule has 0 radical (unpaired) electrons. The average molecular weight is 743 g/mol. The number of aryl methyl sites for hydroxylation is 2. The Balaban J connectivity index is 0.000000375. The summed E-state index contributed by atoms with van der Waals surface area (Å²) in [5.41, 5.74) is 8.02. The first-order valence-electron chi connectivity index (χ1n) is 20.8. The molecule has 1 unspecified atom stereocenters. The van der Waals surface area contributed by atoms with Gasteiger partial charge < -0.3 is 9.47 Å². The van der Waals surface area contributed by atoms with E-state index in [1.807, 2.05) is 19.9 Å². The van der Waals surface area contributed by atoms with Crippen LogP contribution in [-0.2, 0) is 14.3 Å². The quantitative estimate of drug-likeness (QED) is 0.0837. The highest BCUT2D eigenvalue weighted by atomic mass is 16.6. The van der Waals surface area contributed by atoms with Crippen LogP contribution in [0.4, 0.5) is 0 Å². The molecular formula is C50H78O4. The molecule has 302 valence electrons. The van der Waals surface area contributed by atoms with E-state index in [2.05, 4.69) is 131 Å². The van der Waals surface area contributed by atoms with Crippen molar-refractivity contribution in [2.24, 2.45) is 17.3 Å². The minimum Gasteiger partial charge on any atom is -0.455 e. The Morgan fingerprint density at radius 1 is 0.907 bits per heavy atom. The molecule has 0 aliphatic heterocycles. The van der Waals surface area contributed by atoms with Crippen molar-refractivity contribution in [1.29, 1.82) is 0 Å². The van der Waals surface area contributed by atoms with Crippen LogP contribution in [0.25, 0.3) is 0 Å². The van der Waals surface area contributed by atoms with Crippen molar-refractivity contribution >= 4 is 11.9 Å². The van der Waals surface area contributed by atoms with Gasteiger partial charge in [0.15, 0.2) is 0 Å². The first kappa shape index (κ1) is 48.6. The van der Waals surface area contributed by atoms with E-state index in [-0.39, 0.29) is 11.9 Å². The maximum absolute atomic E-state index is 11.9. The second-order valence-electron chi connectivity index (χ2n) is 17.3. The van der Waals surface area contributed by atoms with Gasteiger partial charge in [-0.1, -0.05) is 146 Å². The minimum absolute atomic E-state index is 0.103. The zero-order valence-corrected chi connectivity index (χ0v) is 37.0. The maximum atomic E-state index is 11.9. The lowest BCUT2D eigenvalue weighted by Crippen LogP contribution is -2.47. The third-order valence-corrected chi connectivity index (χ3v) is 11.0. The Kier molecular flexibility index (Phi) is 21.8. The second-order valence-corrected chi connectivity index (χ2v) is 17.3. The molecule has 2 aromatic rings. The van der Waals surface area contributed by atoms with Crippen molar-refractivity contribution in [1.82, 2.24) is 0 Å². The van der Waals surface area contributed by atoms with Crippen molar-refractivity contribution < 1.29 is 19.1 Å². The third-order valence-electron chi connectivity index (χ3n) is 11.0. The summed E-state index contributed by atoms with van der Waals surface area (Å²) in [5.74, 6) is 3.31. The lowest BCUT2D eigenvalue weighted by atomic mass is 9.49. The summed E-state index contributed by atoms with van der Waals surface area (Å²) in [5, 5.41) is 0. The molecule has 0 heterocycles. The van der Waals surface area contributed by atoms with Gasteiger partial charge in [0, 0.05) is 13.3 Å². The summed E-state index contributed by atoms with van der Waals surface area (Å²) >= 11 is 0. The molecule has 1 saturated carbocycles. The van der Waals surface area contributed by atoms with E-state index < -0.39 is 5.60 Å². The number of hydrogen-bond acceptors (Lipinski definition) is 4. The van der Waals surface area contributed by atoms with E-state index in [9.17, 15) is 9.59 Å². The maximum Gasteiger partial charge on any atom is 0.311 e. The lowest BCUT2D eigenvalue weighted by Gasteiger charge is -2.56. The third kappa shape index (κ3) is 17.8. The summed E-state index contributed by atoms with van der Waals surface area (Å²) in [7, 11) is 0. The van der Waals surface area contributed by atoms with Crippen LogP contribution in [0.1, 0.15) is 181 Å². The predicted molar refractivity (Wildman–Crippen MR) is 232 cm³/mol. The Bertz CT molecular complexity index is 1480. The molecule has 2 aromatic carbocycles. The van der Waals surface area contributed by atoms with Gasteiger partial charge in [0.2, 0.25) is 0 Å². The van der Waals surface area contributed by atoms with Gasteiger partial charge in [-0.25, -0.2) is 0 Å². The van der Waals surface area contributed by atoms with Gasteiger partial charge in [0.1, 0.15) is 11.4 Å². The second kappa shape index (κ2) is 24.2. The van der Waals surface area contributed by atoms with Crippen molar-refractivity contribution in [2.75, 3.05) is 0 Å². The predicted octanol–water partition coefficient (Wildman–Crippen LogP) is 14.7. The number of carbonyl (C=O) groups excluding carboxylic acids is 2. The molecule has 3 aliphatic carbocycles. The zero-order chi connectivity index (χ0) is 41.1. The topological polar surface area (TPSA) is 52.6 Å². The molecule has 3 aliphatic rings. The van der Waals surface area contributed by atoms with E-state index in [1.54, 1.807) is 11.6 Å². The van der Waals surface area contributed by atoms with Crippen LogP contribution in [0, 0.1) is 31.1 Å². The average Bonchev–Trinajstić information content (AvgIpc) is 3.08. The molecule has 0 saturated heterocycles. The fourth-order valence-electron chi connectivity index (χ4n) is 7.03. The molecule has 0 aromatic heterocycles. The number of benzene rings is 2.